The molecule has 0 aliphatic heterocycles. The Bertz CT molecular complexity index is 976. The molecule has 0 aliphatic rings. The van der Waals surface area contributed by atoms with Gasteiger partial charge in [0.2, 0.25) is 0 Å². The maximum Gasteiger partial charge on any atom is 0.433 e. The number of para-hydroxylation sites is 1. The van der Waals surface area contributed by atoms with E-state index in [0.717, 1.165) is 12.1 Å². The predicted molar refractivity (Wildman–Crippen MR) is 90.3 cm³/mol. The lowest BCUT2D eigenvalue weighted by Crippen LogP contribution is -2.14. The van der Waals surface area contributed by atoms with E-state index in [1.807, 2.05) is 0 Å². The number of aromatic nitrogens is 1. The lowest BCUT2D eigenvalue weighted by molar-refractivity contribution is -0.142. The van der Waals surface area contributed by atoms with E-state index < -0.39 is 34.9 Å². The smallest absolute Gasteiger partial charge is 0.385 e. The second-order valence-corrected chi connectivity index (χ2v) is 6.05. The van der Waals surface area contributed by atoms with Crippen LogP contribution in [0.2, 0.25) is 0 Å². The average Bonchev–Trinajstić information content (AvgIpc) is 2.61. The molecular formula is C19H13F7N2. The summed E-state index contributed by atoms with van der Waals surface area (Å²) in [4.78, 5) is 3.24. The summed E-state index contributed by atoms with van der Waals surface area (Å²) < 4.78 is 92.0. The Morgan fingerprint density at radius 1 is 0.857 bits per heavy atom. The van der Waals surface area contributed by atoms with Crippen LogP contribution in [0.4, 0.5) is 36.4 Å². The summed E-state index contributed by atoms with van der Waals surface area (Å²) in [6.07, 6.45) is -9.70. The van der Waals surface area contributed by atoms with Gasteiger partial charge in [-0.25, -0.2) is 9.37 Å². The van der Waals surface area contributed by atoms with Gasteiger partial charge in [0, 0.05) is 17.6 Å². The van der Waals surface area contributed by atoms with Crippen LogP contribution >= 0.6 is 0 Å². The second kappa shape index (κ2) is 7.29. The first-order chi connectivity index (χ1) is 13.1. The maximum absolute atomic E-state index is 13.2. The summed E-state index contributed by atoms with van der Waals surface area (Å²) in [6.45, 7) is 0.137. The van der Waals surface area contributed by atoms with Crippen LogP contribution in [0, 0.1) is 5.82 Å². The zero-order valence-corrected chi connectivity index (χ0v) is 14.1. The van der Waals surface area contributed by atoms with Crippen molar-refractivity contribution in [2.24, 2.45) is 0 Å². The number of halogens is 7. The zero-order valence-electron chi connectivity index (χ0n) is 14.1. The number of hydrogen-bond acceptors (Lipinski definition) is 2. The van der Waals surface area contributed by atoms with Crippen molar-refractivity contribution in [3.63, 3.8) is 0 Å². The van der Waals surface area contributed by atoms with Crippen LogP contribution < -0.4 is 5.32 Å². The van der Waals surface area contributed by atoms with Gasteiger partial charge in [0.15, 0.2) is 0 Å². The van der Waals surface area contributed by atoms with Crippen LogP contribution in [0.3, 0.4) is 0 Å². The molecule has 2 nitrogen and oxygen atoms in total. The summed E-state index contributed by atoms with van der Waals surface area (Å²) in [5.74, 6) is -0.444. The van der Waals surface area contributed by atoms with Gasteiger partial charge in [0.05, 0.1) is 11.1 Å². The first-order valence-electron chi connectivity index (χ1n) is 8.12. The number of benzene rings is 2. The molecule has 9 heteroatoms. The van der Waals surface area contributed by atoms with Crippen molar-refractivity contribution in [3.05, 3.63) is 71.2 Å². The van der Waals surface area contributed by atoms with E-state index >= 15 is 0 Å². The molecule has 1 aromatic heterocycles. The minimum atomic E-state index is -4.88. The minimum Gasteiger partial charge on any atom is -0.385 e. The van der Waals surface area contributed by atoms with Gasteiger partial charge in [-0.05, 0) is 48.4 Å². The lowest BCUT2D eigenvalue weighted by Gasteiger charge is -2.16. The molecule has 0 radical (unpaired) electrons. The fourth-order valence-electron chi connectivity index (χ4n) is 2.81. The molecule has 0 unspecified atom stereocenters. The van der Waals surface area contributed by atoms with Gasteiger partial charge in [-0.3, -0.25) is 0 Å². The molecule has 28 heavy (non-hydrogen) atoms. The Kier molecular flexibility index (Phi) is 5.18. The summed E-state index contributed by atoms with van der Waals surface area (Å²) >= 11 is 0. The molecule has 0 spiro atoms. The van der Waals surface area contributed by atoms with E-state index in [4.69, 9.17) is 0 Å². The van der Waals surface area contributed by atoms with E-state index in [0.29, 0.717) is 11.8 Å². The van der Waals surface area contributed by atoms with Crippen molar-refractivity contribution >= 4 is 16.6 Å². The van der Waals surface area contributed by atoms with Crippen LogP contribution in [0.25, 0.3) is 10.9 Å². The molecular weight excluding hydrogens is 389 g/mol. The summed E-state index contributed by atoms with van der Waals surface area (Å²) in [7, 11) is 0. The SMILES string of the molecule is Fc1ccc(NCCc2cc(C(F)(F)F)nc3c(C(F)(F)F)cccc23)cc1. The number of rotatable bonds is 4. The van der Waals surface area contributed by atoms with E-state index in [1.54, 1.807) is 0 Å². The monoisotopic (exact) mass is 402 g/mol. The van der Waals surface area contributed by atoms with Gasteiger partial charge in [-0.2, -0.15) is 26.3 Å². The quantitative estimate of drug-likeness (QED) is 0.536. The van der Waals surface area contributed by atoms with Crippen molar-refractivity contribution in [2.45, 2.75) is 18.8 Å². The van der Waals surface area contributed by atoms with Gasteiger partial charge < -0.3 is 5.32 Å². The highest BCUT2D eigenvalue weighted by molar-refractivity contribution is 5.86. The predicted octanol–water partition coefficient (Wildman–Crippen LogP) is 6.07. The standard InChI is InChI=1S/C19H13F7N2/c20-12-4-6-13(7-5-12)27-9-8-11-10-16(19(24,25)26)28-17-14(11)2-1-3-15(17)18(21,22)23/h1-7,10,27H,8-9H2. The van der Waals surface area contributed by atoms with E-state index in [2.05, 4.69) is 10.3 Å². The van der Waals surface area contributed by atoms with E-state index in [-0.39, 0.29) is 23.9 Å². The lowest BCUT2D eigenvalue weighted by atomic mass is 10.0. The molecule has 0 amide bonds. The van der Waals surface area contributed by atoms with Gasteiger partial charge in [0.1, 0.15) is 11.5 Å². The molecule has 3 rings (SSSR count). The Hall–Kier alpha value is -2.84. The fraction of sp³-hybridized carbons (Fsp3) is 0.211. The highest BCUT2D eigenvalue weighted by Crippen LogP contribution is 2.37. The van der Waals surface area contributed by atoms with Crippen molar-refractivity contribution in [1.29, 1.82) is 0 Å². The van der Waals surface area contributed by atoms with E-state index in [1.165, 1.54) is 30.3 Å². The molecule has 3 aromatic rings. The van der Waals surface area contributed by atoms with E-state index in [9.17, 15) is 30.7 Å². The molecule has 0 atom stereocenters. The summed E-state index contributed by atoms with van der Waals surface area (Å²) in [5, 5.41) is 2.90. The minimum absolute atomic E-state index is 0.00345. The van der Waals surface area contributed by atoms with Crippen LogP contribution in [-0.4, -0.2) is 11.5 Å². The number of hydrogen-bond donors (Lipinski definition) is 1. The molecule has 1 N–H and O–H groups in total. The van der Waals surface area contributed by atoms with Crippen LogP contribution in [-0.2, 0) is 18.8 Å². The number of nitrogens with one attached hydrogen (secondary N) is 1. The van der Waals surface area contributed by atoms with Gasteiger partial charge in [-0.15, -0.1) is 0 Å². The van der Waals surface area contributed by atoms with Crippen molar-refractivity contribution in [1.82, 2.24) is 4.98 Å². The van der Waals surface area contributed by atoms with Crippen molar-refractivity contribution < 1.29 is 30.7 Å². The topological polar surface area (TPSA) is 24.9 Å². The molecule has 0 saturated carbocycles. The molecule has 0 fully saturated rings. The number of alkyl halides is 6. The highest BCUT2D eigenvalue weighted by Gasteiger charge is 2.37. The van der Waals surface area contributed by atoms with Crippen LogP contribution in [0.1, 0.15) is 16.8 Å². The first-order valence-corrected chi connectivity index (χ1v) is 8.12. The third-order valence-corrected chi connectivity index (χ3v) is 4.09. The first kappa shape index (κ1) is 19.9. The second-order valence-electron chi connectivity index (χ2n) is 6.05. The Labute approximate surface area is 155 Å². The normalized spacial score (nSPS) is 12.4. The number of nitrogens with zero attached hydrogens (tertiary/aromatic N) is 1. The van der Waals surface area contributed by atoms with Crippen LogP contribution in [0.15, 0.2) is 48.5 Å². The molecule has 2 aromatic carbocycles. The summed E-state index contributed by atoms with van der Waals surface area (Å²) in [6, 6.07) is 9.22. The Balaban J connectivity index is 1.99. The fourth-order valence-corrected chi connectivity index (χ4v) is 2.81. The third kappa shape index (κ3) is 4.35. The number of anilines is 1. The van der Waals surface area contributed by atoms with Crippen molar-refractivity contribution in [3.8, 4) is 0 Å². The van der Waals surface area contributed by atoms with Gasteiger partial charge >= 0.3 is 12.4 Å². The van der Waals surface area contributed by atoms with Crippen molar-refractivity contribution in [2.75, 3.05) is 11.9 Å². The molecule has 0 bridgehead atoms. The van der Waals surface area contributed by atoms with Crippen LogP contribution in [0.5, 0.6) is 0 Å². The average molecular weight is 402 g/mol. The largest absolute Gasteiger partial charge is 0.433 e. The number of pyridine rings is 1. The maximum atomic E-state index is 13.2. The summed E-state index contributed by atoms with van der Waals surface area (Å²) in [5.41, 5.74) is -2.72. The Morgan fingerprint density at radius 3 is 2.14 bits per heavy atom. The molecule has 148 valence electrons. The number of fused-ring (bicyclic) bond motifs is 1. The zero-order chi connectivity index (χ0) is 20.5. The molecule has 1 heterocycles. The van der Waals surface area contributed by atoms with Gasteiger partial charge in [-0.1, -0.05) is 12.1 Å². The molecule has 0 aliphatic carbocycles. The Morgan fingerprint density at radius 2 is 1.54 bits per heavy atom. The molecule has 0 saturated heterocycles. The van der Waals surface area contributed by atoms with Gasteiger partial charge in [0.25, 0.3) is 0 Å². The third-order valence-electron chi connectivity index (χ3n) is 4.09. The highest BCUT2D eigenvalue weighted by atomic mass is 19.4.